The maximum Gasteiger partial charge on any atom is 0.250 e. The Morgan fingerprint density at radius 3 is 2.70 bits per heavy atom. The zero-order valence-electron chi connectivity index (χ0n) is 17.6. The molecule has 2 aromatic carbocycles. The summed E-state index contributed by atoms with van der Waals surface area (Å²) in [6.07, 6.45) is 3.98. The van der Waals surface area contributed by atoms with Gasteiger partial charge in [-0.2, -0.15) is 0 Å². The first kappa shape index (κ1) is 21.5. The number of benzene rings is 2. The lowest BCUT2D eigenvalue weighted by atomic mass is 9.97. The van der Waals surface area contributed by atoms with Gasteiger partial charge in [-0.1, -0.05) is 35.9 Å². The van der Waals surface area contributed by atoms with Crippen LogP contribution in [-0.4, -0.2) is 39.3 Å². The predicted octanol–water partition coefficient (Wildman–Crippen LogP) is 3.55. The Kier molecular flexibility index (Phi) is 5.32. The van der Waals surface area contributed by atoms with Gasteiger partial charge in [-0.15, -0.1) is 0 Å². The van der Waals surface area contributed by atoms with Crippen LogP contribution < -0.4 is 11.1 Å². The van der Waals surface area contributed by atoms with Crippen molar-refractivity contribution in [1.29, 1.82) is 0 Å². The van der Waals surface area contributed by atoms with Crippen LogP contribution >= 0.6 is 11.6 Å². The van der Waals surface area contributed by atoms with E-state index >= 15 is 0 Å². The molecule has 2 bridgehead atoms. The molecule has 1 aromatic heterocycles. The molecule has 2 heterocycles. The first-order chi connectivity index (χ1) is 15.8. The summed E-state index contributed by atoms with van der Waals surface area (Å²) < 4.78 is 16.0. The monoisotopic (exact) mass is 468 g/mol. The Hall–Kier alpha value is -3.39. The van der Waals surface area contributed by atoms with Crippen LogP contribution in [0, 0.1) is 11.7 Å². The predicted molar refractivity (Wildman–Crippen MR) is 122 cm³/mol. The zero-order chi connectivity index (χ0) is 23.3. The van der Waals surface area contributed by atoms with Crippen LogP contribution in [0.1, 0.15) is 29.6 Å². The maximum atomic E-state index is 14.3. The summed E-state index contributed by atoms with van der Waals surface area (Å²) in [6.45, 7) is -0.0354. The van der Waals surface area contributed by atoms with Crippen LogP contribution in [0.4, 0.5) is 10.1 Å². The van der Waals surface area contributed by atoms with Crippen LogP contribution in [0.15, 0.2) is 48.7 Å². The third-order valence-electron chi connectivity index (χ3n) is 6.71. The number of carbonyl (C=O) groups is 3. The van der Waals surface area contributed by atoms with E-state index in [1.807, 2.05) is 12.1 Å². The molecule has 9 heteroatoms. The van der Waals surface area contributed by atoms with Gasteiger partial charge in [0.2, 0.25) is 11.8 Å². The highest BCUT2D eigenvalue weighted by atomic mass is 35.5. The third-order valence-corrected chi connectivity index (χ3v) is 7.00. The van der Waals surface area contributed by atoms with Crippen molar-refractivity contribution in [2.45, 2.75) is 37.9 Å². The Morgan fingerprint density at radius 2 is 1.91 bits per heavy atom. The molecule has 1 aliphatic heterocycles. The number of nitrogens with two attached hydrogens (primary N) is 1. The molecule has 5 rings (SSSR count). The molecule has 3 atom stereocenters. The van der Waals surface area contributed by atoms with Gasteiger partial charge in [0.25, 0.3) is 5.91 Å². The number of hydrogen-bond donors (Lipinski definition) is 2. The summed E-state index contributed by atoms with van der Waals surface area (Å²) >= 11 is 5.83. The fourth-order valence-corrected chi connectivity index (χ4v) is 5.47. The van der Waals surface area contributed by atoms with Gasteiger partial charge >= 0.3 is 0 Å². The number of aromatic nitrogens is 1. The van der Waals surface area contributed by atoms with Gasteiger partial charge in [0.1, 0.15) is 12.6 Å². The fraction of sp³-hybridized carbons (Fsp3) is 0.292. The summed E-state index contributed by atoms with van der Waals surface area (Å²) in [5.41, 5.74) is 6.56. The Bertz CT molecular complexity index is 1290. The number of anilines is 1. The van der Waals surface area contributed by atoms with Crippen molar-refractivity contribution in [3.8, 4) is 0 Å². The highest BCUT2D eigenvalue weighted by molar-refractivity contribution is 6.31. The van der Waals surface area contributed by atoms with Crippen molar-refractivity contribution < 1.29 is 18.8 Å². The van der Waals surface area contributed by atoms with E-state index in [9.17, 15) is 18.8 Å². The summed E-state index contributed by atoms with van der Waals surface area (Å²) in [4.78, 5) is 40.1. The van der Waals surface area contributed by atoms with Gasteiger partial charge in [0.05, 0.1) is 16.3 Å². The number of nitrogens with one attached hydrogen (secondary N) is 1. The first-order valence-electron chi connectivity index (χ1n) is 10.8. The lowest BCUT2D eigenvalue weighted by Crippen LogP contribution is -2.51. The molecule has 3 N–H and O–H groups in total. The Balaban J connectivity index is 1.41. The molecule has 2 aliphatic rings. The smallest absolute Gasteiger partial charge is 0.250 e. The van der Waals surface area contributed by atoms with Crippen molar-refractivity contribution in [3.05, 3.63) is 65.1 Å². The second kappa shape index (κ2) is 8.19. The molecule has 1 saturated carbocycles. The molecule has 3 aromatic rings. The van der Waals surface area contributed by atoms with Crippen molar-refractivity contribution in [1.82, 2.24) is 9.47 Å². The van der Waals surface area contributed by atoms with E-state index in [0.717, 1.165) is 19.3 Å². The molecular formula is C24H22ClFN4O3. The number of rotatable bonds is 5. The number of para-hydroxylation sites is 1. The number of primary amides is 1. The van der Waals surface area contributed by atoms with Gasteiger partial charge in [-0.25, -0.2) is 4.39 Å². The average Bonchev–Trinajstić information content (AvgIpc) is 3.50. The van der Waals surface area contributed by atoms with E-state index in [0.29, 0.717) is 16.5 Å². The van der Waals surface area contributed by atoms with E-state index in [1.54, 1.807) is 33.9 Å². The molecule has 1 aliphatic carbocycles. The molecule has 3 amide bonds. The number of nitrogens with zero attached hydrogens (tertiary/aromatic N) is 2. The van der Waals surface area contributed by atoms with Gasteiger partial charge in [0, 0.05) is 23.1 Å². The normalized spacial score (nSPS) is 21.5. The molecule has 0 spiro atoms. The van der Waals surface area contributed by atoms with E-state index in [-0.39, 0.29) is 35.1 Å². The van der Waals surface area contributed by atoms with Crippen molar-refractivity contribution in [3.63, 3.8) is 0 Å². The quantitative estimate of drug-likeness (QED) is 0.599. The van der Waals surface area contributed by atoms with Crippen LogP contribution in [0.2, 0.25) is 5.02 Å². The van der Waals surface area contributed by atoms with E-state index in [2.05, 4.69) is 5.32 Å². The molecule has 170 valence electrons. The minimum absolute atomic E-state index is 0.00910. The van der Waals surface area contributed by atoms with Crippen LogP contribution in [-0.2, 0) is 16.1 Å². The fourth-order valence-electron chi connectivity index (χ4n) is 5.29. The van der Waals surface area contributed by atoms with Crippen molar-refractivity contribution >= 4 is 45.9 Å². The topological polar surface area (TPSA) is 97.4 Å². The molecule has 0 unspecified atom stereocenters. The second-order valence-electron chi connectivity index (χ2n) is 8.62. The van der Waals surface area contributed by atoms with E-state index in [4.69, 9.17) is 17.3 Å². The summed E-state index contributed by atoms with van der Waals surface area (Å²) in [5.74, 6) is -1.91. The third kappa shape index (κ3) is 3.64. The highest BCUT2D eigenvalue weighted by Crippen LogP contribution is 2.43. The number of halogens is 2. The van der Waals surface area contributed by atoms with Gasteiger partial charge in [0.15, 0.2) is 5.82 Å². The van der Waals surface area contributed by atoms with Gasteiger partial charge in [-0.3, -0.25) is 14.4 Å². The van der Waals surface area contributed by atoms with E-state index < -0.39 is 23.7 Å². The standard InChI is InChI=1S/C24H22ClFN4O3/c25-17-5-3-6-18(21(17)26)28-24(33)22-13-8-9-14(10-13)30(22)20(31)12-29-11-16(23(27)32)15-4-1-2-7-19(15)29/h1-7,11,13-14,22H,8-10,12H2,(H2,27,32)(H,28,33)/t13-,14+,22-/m0/s1. The second-order valence-corrected chi connectivity index (χ2v) is 9.02. The Labute approximate surface area is 194 Å². The van der Waals surface area contributed by atoms with Crippen LogP contribution in [0.25, 0.3) is 10.9 Å². The zero-order valence-corrected chi connectivity index (χ0v) is 18.4. The van der Waals surface area contributed by atoms with Gasteiger partial charge < -0.3 is 20.5 Å². The number of likely N-dealkylation sites (tertiary alicyclic amines) is 1. The number of fused-ring (bicyclic) bond motifs is 3. The van der Waals surface area contributed by atoms with Crippen molar-refractivity contribution in [2.24, 2.45) is 11.7 Å². The number of carbonyl (C=O) groups excluding carboxylic acids is 3. The molecule has 1 saturated heterocycles. The number of piperidine rings is 1. The van der Waals surface area contributed by atoms with Crippen LogP contribution in [0.5, 0.6) is 0 Å². The minimum Gasteiger partial charge on any atom is -0.366 e. The van der Waals surface area contributed by atoms with E-state index in [1.165, 1.54) is 12.1 Å². The number of amides is 3. The first-order valence-corrected chi connectivity index (χ1v) is 11.2. The number of hydrogen-bond acceptors (Lipinski definition) is 3. The van der Waals surface area contributed by atoms with Gasteiger partial charge in [-0.05, 0) is 43.4 Å². The molecule has 2 fully saturated rings. The molecule has 33 heavy (non-hydrogen) atoms. The molecule has 7 nitrogen and oxygen atoms in total. The maximum absolute atomic E-state index is 14.3. The molecule has 0 radical (unpaired) electrons. The Morgan fingerprint density at radius 1 is 1.12 bits per heavy atom. The average molecular weight is 469 g/mol. The highest BCUT2D eigenvalue weighted by Gasteiger charge is 2.51. The SMILES string of the molecule is NC(=O)c1cn(CC(=O)N2[C@@H]3CC[C@@H](C3)[C@H]2C(=O)Nc2cccc(Cl)c2F)c2ccccc12. The lowest BCUT2D eigenvalue weighted by molar-refractivity contribution is -0.141. The van der Waals surface area contributed by atoms with Crippen molar-refractivity contribution in [2.75, 3.05) is 5.32 Å². The lowest BCUT2D eigenvalue weighted by Gasteiger charge is -2.34. The van der Waals surface area contributed by atoms with Crippen LogP contribution in [0.3, 0.4) is 0 Å². The largest absolute Gasteiger partial charge is 0.366 e. The minimum atomic E-state index is -0.702. The molecular weight excluding hydrogens is 447 g/mol. The summed E-state index contributed by atoms with van der Waals surface area (Å²) in [6, 6.07) is 10.9. The summed E-state index contributed by atoms with van der Waals surface area (Å²) in [7, 11) is 0. The summed E-state index contributed by atoms with van der Waals surface area (Å²) in [5, 5.41) is 3.20.